The first-order valence-electron chi connectivity index (χ1n) is 7.74. The lowest BCUT2D eigenvalue weighted by molar-refractivity contribution is -0.143. The topological polar surface area (TPSA) is 69.6 Å². The highest BCUT2D eigenvalue weighted by Crippen LogP contribution is 2.20. The van der Waals surface area contributed by atoms with Gasteiger partial charge in [-0.3, -0.25) is 4.79 Å². The van der Waals surface area contributed by atoms with Crippen LogP contribution in [0.5, 0.6) is 0 Å². The van der Waals surface area contributed by atoms with E-state index in [1.165, 1.54) is 5.56 Å². The number of amides is 2. The minimum atomic E-state index is -0.820. The van der Waals surface area contributed by atoms with Crippen molar-refractivity contribution < 1.29 is 14.7 Å². The van der Waals surface area contributed by atoms with Crippen molar-refractivity contribution in [2.45, 2.75) is 39.7 Å². The Morgan fingerprint density at radius 1 is 1.36 bits per heavy atom. The number of hydrogen-bond donors (Lipinski definition) is 2. The third-order valence-electron chi connectivity index (χ3n) is 4.29. The van der Waals surface area contributed by atoms with Crippen LogP contribution < -0.4 is 5.32 Å². The number of nitrogens with one attached hydrogen (secondary N) is 1. The molecule has 2 unspecified atom stereocenters. The summed E-state index contributed by atoms with van der Waals surface area (Å²) in [6, 6.07) is 5.88. The number of rotatable bonds is 3. The van der Waals surface area contributed by atoms with Crippen LogP contribution in [-0.4, -0.2) is 35.1 Å². The van der Waals surface area contributed by atoms with E-state index in [4.69, 9.17) is 5.11 Å². The third kappa shape index (κ3) is 3.78. The summed E-state index contributed by atoms with van der Waals surface area (Å²) < 4.78 is 0. The van der Waals surface area contributed by atoms with Crippen molar-refractivity contribution in [1.82, 2.24) is 10.2 Å². The van der Waals surface area contributed by atoms with Crippen LogP contribution in [0, 0.1) is 19.8 Å². The Bertz CT molecular complexity index is 571. The lowest BCUT2D eigenvalue weighted by atomic mass is 9.98. The Hall–Kier alpha value is -2.04. The van der Waals surface area contributed by atoms with Gasteiger partial charge in [0.05, 0.1) is 12.0 Å². The molecule has 2 rings (SSSR count). The fraction of sp³-hybridized carbons (Fsp3) is 0.529. The molecule has 0 aliphatic carbocycles. The molecule has 1 saturated heterocycles. The fourth-order valence-corrected chi connectivity index (χ4v) is 3.03. The van der Waals surface area contributed by atoms with Crippen LogP contribution in [-0.2, 0) is 4.79 Å². The van der Waals surface area contributed by atoms with Crippen LogP contribution in [0.4, 0.5) is 4.79 Å². The first-order valence-corrected chi connectivity index (χ1v) is 7.74. The number of carbonyl (C=O) groups is 2. The largest absolute Gasteiger partial charge is 0.481 e. The molecule has 2 N–H and O–H groups in total. The number of nitrogens with zero attached hydrogens (tertiary/aromatic N) is 1. The minimum Gasteiger partial charge on any atom is -0.481 e. The molecule has 0 radical (unpaired) electrons. The van der Waals surface area contributed by atoms with E-state index in [1.807, 2.05) is 32.9 Å². The van der Waals surface area contributed by atoms with Crippen molar-refractivity contribution in [2.75, 3.05) is 13.1 Å². The number of urea groups is 1. The highest BCUT2D eigenvalue weighted by Gasteiger charge is 2.28. The maximum Gasteiger partial charge on any atom is 0.317 e. The first kappa shape index (κ1) is 16.3. The Kier molecular flexibility index (Phi) is 5.06. The summed E-state index contributed by atoms with van der Waals surface area (Å²) in [5.41, 5.74) is 3.43. The van der Waals surface area contributed by atoms with Gasteiger partial charge in [0, 0.05) is 13.1 Å². The number of aryl methyl sites for hydroxylation is 2. The maximum absolute atomic E-state index is 12.4. The molecule has 0 bridgehead atoms. The number of aliphatic carboxylic acids is 1. The van der Waals surface area contributed by atoms with Gasteiger partial charge in [-0.15, -0.1) is 0 Å². The molecule has 1 aliphatic rings. The number of benzene rings is 1. The summed E-state index contributed by atoms with van der Waals surface area (Å²) in [5.74, 6) is -1.27. The van der Waals surface area contributed by atoms with Gasteiger partial charge in [-0.1, -0.05) is 23.8 Å². The molecule has 2 amide bonds. The van der Waals surface area contributed by atoms with Crippen molar-refractivity contribution in [1.29, 1.82) is 0 Å². The zero-order valence-corrected chi connectivity index (χ0v) is 13.4. The van der Waals surface area contributed by atoms with Crippen LogP contribution >= 0.6 is 0 Å². The van der Waals surface area contributed by atoms with Gasteiger partial charge in [0.25, 0.3) is 0 Å². The van der Waals surface area contributed by atoms with Gasteiger partial charge in [0.1, 0.15) is 0 Å². The molecular formula is C17H24N2O3. The second-order valence-electron chi connectivity index (χ2n) is 6.15. The second kappa shape index (κ2) is 6.81. The standard InChI is InChI=1S/C17H24N2O3/c1-11-6-7-15(12(2)9-11)13(3)18-17(22)19-8-4-5-14(10-19)16(20)21/h6-7,9,13-14H,4-5,8,10H2,1-3H3,(H,18,22)(H,20,21). The molecule has 120 valence electrons. The number of likely N-dealkylation sites (tertiary alicyclic amines) is 1. The highest BCUT2D eigenvalue weighted by molar-refractivity contribution is 5.77. The van der Waals surface area contributed by atoms with Crippen molar-refractivity contribution in [3.8, 4) is 0 Å². The number of hydrogen-bond acceptors (Lipinski definition) is 2. The van der Waals surface area contributed by atoms with Gasteiger partial charge in [-0.2, -0.15) is 0 Å². The van der Waals surface area contributed by atoms with E-state index in [-0.39, 0.29) is 12.1 Å². The van der Waals surface area contributed by atoms with Gasteiger partial charge >= 0.3 is 12.0 Å². The fourth-order valence-electron chi connectivity index (χ4n) is 3.03. The summed E-state index contributed by atoms with van der Waals surface area (Å²) in [6.45, 7) is 6.94. The Morgan fingerprint density at radius 2 is 2.09 bits per heavy atom. The van der Waals surface area contributed by atoms with Crippen LogP contribution in [0.25, 0.3) is 0 Å². The SMILES string of the molecule is Cc1ccc(C(C)NC(=O)N2CCCC(C(=O)O)C2)c(C)c1. The number of carboxylic acids is 1. The van der Waals surface area contributed by atoms with Crippen LogP contribution in [0.2, 0.25) is 0 Å². The van der Waals surface area contributed by atoms with Gasteiger partial charge in [0.15, 0.2) is 0 Å². The zero-order valence-electron chi connectivity index (χ0n) is 13.4. The van der Waals surface area contributed by atoms with Crippen molar-refractivity contribution in [2.24, 2.45) is 5.92 Å². The van der Waals surface area contributed by atoms with E-state index in [0.29, 0.717) is 19.5 Å². The summed E-state index contributed by atoms with van der Waals surface area (Å²) >= 11 is 0. The van der Waals surface area contributed by atoms with Crippen LogP contribution in [0.1, 0.15) is 42.5 Å². The van der Waals surface area contributed by atoms with E-state index in [1.54, 1.807) is 4.90 Å². The number of carboxylic acid groups (broad SMARTS) is 1. The molecular weight excluding hydrogens is 280 g/mol. The predicted molar refractivity (Wildman–Crippen MR) is 84.8 cm³/mol. The van der Waals surface area contributed by atoms with Gasteiger partial charge in [-0.05, 0) is 44.7 Å². The van der Waals surface area contributed by atoms with E-state index in [0.717, 1.165) is 17.5 Å². The lowest BCUT2D eigenvalue weighted by Gasteiger charge is -2.32. The van der Waals surface area contributed by atoms with E-state index in [9.17, 15) is 9.59 Å². The Morgan fingerprint density at radius 3 is 2.73 bits per heavy atom. The third-order valence-corrected chi connectivity index (χ3v) is 4.29. The van der Waals surface area contributed by atoms with Crippen LogP contribution in [0.15, 0.2) is 18.2 Å². The van der Waals surface area contributed by atoms with Crippen molar-refractivity contribution in [3.63, 3.8) is 0 Å². The number of piperidine rings is 1. The maximum atomic E-state index is 12.4. The quantitative estimate of drug-likeness (QED) is 0.902. The first-order chi connectivity index (χ1) is 10.4. The monoisotopic (exact) mass is 304 g/mol. The van der Waals surface area contributed by atoms with Crippen molar-refractivity contribution in [3.05, 3.63) is 34.9 Å². The minimum absolute atomic E-state index is 0.0988. The second-order valence-corrected chi connectivity index (χ2v) is 6.15. The average molecular weight is 304 g/mol. The highest BCUT2D eigenvalue weighted by atomic mass is 16.4. The summed E-state index contributed by atoms with van der Waals surface area (Å²) in [6.07, 6.45) is 1.38. The van der Waals surface area contributed by atoms with Gasteiger partial charge in [0.2, 0.25) is 0 Å². The summed E-state index contributed by atoms with van der Waals surface area (Å²) in [7, 11) is 0. The van der Waals surface area contributed by atoms with E-state index in [2.05, 4.69) is 11.4 Å². The Balaban J connectivity index is 2.00. The summed E-state index contributed by atoms with van der Waals surface area (Å²) in [4.78, 5) is 25.0. The lowest BCUT2D eigenvalue weighted by Crippen LogP contribution is -2.47. The molecule has 0 spiro atoms. The molecule has 1 aliphatic heterocycles. The molecule has 5 heteroatoms. The molecule has 1 fully saturated rings. The normalized spacial score (nSPS) is 19.6. The van der Waals surface area contributed by atoms with Gasteiger partial charge in [-0.25, -0.2) is 4.79 Å². The van der Waals surface area contributed by atoms with Crippen LogP contribution in [0.3, 0.4) is 0 Å². The zero-order chi connectivity index (χ0) is 16.3. The van der Waals surface area contributed by atoms with Gasteiger partial charge < -0.3 is 15.3 Å². The summed E-state index contributed by atoms with van der Waals surface area (Å²) in [5, 5.41) is 12.1. The molecule has 2 atom stereocenters. The molecule has 0 aromatic heterocycles. The van der Waals surface area contributed by atoms with E-state index < -0.39 is 11.9 Å². The molecule has 22 heavy (non-hydrogen) atoms. The smallest absolute Gasteiger partial charge is 0.317 e. The molecule has 1 aromatic carbocycles. The Labute approximate surface area is 131 Å². The predicted octanol–water partition coefficient (Wildman–Crippen LogP) is 2.87. The van der Waals surface area contributed by atoms with Crippen molar-refractivity contribution >= 4 is 12.0 Å². The molecule has 1 aromatic rings. The molecule has 0 saturated carbocycles. The molecule has 5 nitrogen and oxygen atoms in total. The molecule has 1 heterocycles. The number of carbonyl (C=O) groups excluding carboxylic acids is 1. The average Bonchev–Trinajstić information content (AvgIpc) is 2.47. The van der Waals surface area contributed by atoms with E-state index >= 15 is 0 Å².